The molecule has 5 nitrogen and oxygen atoms in total. The van der Waals surface area contributed by atoms with Gasteiger partial charge in [0.25, 0.3) is 0 Å². The van der Waals surface area contributed by atoms with Crippen LogP contribution >= 0.6 is 11.3 Å². The lowest BCUT2D eigenvalue weighted by Crippen LogP contribution is -2.38. The Labute approximate surface area is 118 Å². The van der Waals surface area contributed by atoms with E-state index in [1.165, 1.54) is 11.3 Å². The summed E-state index contributed by atoms with van der Waals surface area (Å²) in [5.41, 5.74) is 0.801. The van der Waals surface area contributed by atoms with Crippen molar-refractivity contribution in [2.75, 3.05) is 11.9 Å². The van der Waals surface area contributed by atoms with E-state index in [-0.39, 0.29) is 17.6 Å². The lowest BCUT2D eigenvalue weighted by Gasteiger charge is -2.26. The van der Waals surface area contributed by atoms with Gasteiger partial charge in [-0.15, -0.1) is 11.3 Å². The highest BCUT2D eigenvalue weighted by atomic mass is 32.1. The van der Waals surface area contributed by atoms with Crippen LogP contribution in [0.1, 0.15) is 37.8 Å². The lowest BCUT2D eigenvalue weighted by atomic mass is 9.87. The second-order valence-electron chi connectivity index (χ2n) is 5.69. The van der Waals surface area contributed by atoms with E-state index in [4.69, 9.17) is 0 Å². The number of aryl methyl sites for hydroxylation is 2. The molecular formula is C13H23N3O2S. The molecule has 0 aliphatic carbocycles. The Morgan fingerprint density at radius 2 is 2.11 bits per heavy atom. The van der Waals surface area contributed by atoms with Crippen molar-refractivity contribution in [2.24, 2.45) is 5.41 Å². The van der Waals surface area contributed by atoms with Gasteiger partial charge in [-0.05, 0) is 32.6 Å². The highest BCUT2D eigenvalue weighted by molar-refractivity contribution is 7.15. The molecule has 108 valence electrons. The minimum Gasteiger partial charge on any atom is -0.393 e. The van der Waals surface area contributed by atoms with Crippen LogP contribution in [0.3, 0.4) is 0 Å². The summed E-state index contributed by atoms with van der Waals surface area (Å²) in [6.07, 6.45) is 0.270. The van der Waals surface area contributed by atoms with Crippen molar-refractivity contribution in [1.82, 2.24) is 10.3 Å². The van der Waals surface area contributed by atoms with Crippen molar-refractivity contribution in [3.8, 4) is 0 Å². The summed E-state index contributed by atoms with van der Waals surface area (Å²) < 4.78 is 0. The molecule has 6 heteroatoms. The average molecular weight is 285 g/mol. The molecule has 0 aromatic carbocycles. The number of rotatable bonds is 5. The zero-order valence-electron chi connectivity index (χ0n) is 12.2. The van der Waals surface area contributed by atoms with Crippen molar-refractivity contribution in [3.05, 3.63) is 10.6 Å². The fraction of sp³-hybridized carbons (Fsp3) is 0.692. The largest absolute Gasteiger partial charge is 0.393 e. The molecule has 0 aliphatic heterocycles. The minimum atomic E-state index is -0.371. The van der Waals surface area contributed by atoms with Crippen LogP contribution in [0.4, 0.5) is 9.93 Å². The zero-order valence-corrected chi connectivity index (χ0v) is 13.0. The number of aromatic nitrogens is 1. The molecule has 0 aliphatic rings. The van der Waals surface area contributed by atoms with Gasteiger partial charge < -0.3 is 10.4 Å². The van der Waals surface area contributed by atoms with Crippen LogP contribution in [0, 0.1) is 19.3 Å². The maximum atomic E-state index is 11.7. The van der Waals surface area contributed by atoms with Gasteiger partial charge in [-0.3, -0.25) is 5.32 Å². The van der Waals surface area contributed by atoms with Crippen LogP contribution in [0.2, 0.25) is 0 Å². The molecule has 0 saturated heterocycles. The van der Waals surface area contributed by atoms with Crippen molar-refractivity contribution in [1.29, 1.82) is 0 Å². The van der Waals surface area contributed by atoms with Gasteiger partial charge in [0.05, 0.1) is 11.8 Å². The van der Waals surface area contributed by atoms with Crippen molar-refractivity contribution in [3.63, 3.8) is 0 Å². The predicted molar refractivity (Wildman–Crippen MR) is 78.7 cm³/mol. The van der Waals surface area contributed by atoms with E-state index < -0.39 is 0 Å². The van der Waals surface area contributed by atoms with Gasteiger partial charge in [0.1, 0.15) is 0 Å². The number of amides is 2. The molecule has 3 N–H and O–H groups in total. The number of nitrogens with one attached hydrogen (secondary N) is 2. The highest BCUT2D eigenvalue weighted by Gasteiger charge is 2.21. The number of thiazole rings is 1. The third-order valence-corrected chi connectivity index (χ3v) is 3.81. The van der Waals surface area contributed by atoms with E-state index in [1.54, 1.807) is 6.92 Å². The molecule has 0 fully saturated rings. The monoisotopic (exact) mass is 285 g/mol. The number of carbonyl (C=O) groups is 1. The van der Waals surface area contributed by atoms with Gasteiger partial charge >= 0.3 is 6.03 Å². The molecule has 0 spiro atoms. The first-order valence-corrected chi connectivity index (χ1v) is 7.18. The molecule has 1 rings (SSSR count). The number of hydrogen-bond donors (Lipinski definition) is 3. The fourth-order valence-corrected chi connectivity index (χ4v) is 2.67. The molecule has 1 heterocycles. The van der Waals surface area contributed by atoms with Crippen LogP contribution in [-0.2, 0) is 0 Å². The van der Waals surface area contributed by atoms with Gasteiger partial charge in [0, 0.05) is 11.4 Å². The summed E-state index contributed by atoms with van der Waals surface area (Å²) in [7, 11) is 0. The number of anilines is 1. The smallest absolute Gasteiger partial charge is 0.321 e. The molecule has 0 unspecified atom stereocenters. The van der Waals surface area contributed by atoms with Gasteiger partial charge in [-0.1, -0.05) is 13.8 Å². The lowest BCUT2D eigenvalue weighted by molar-refractivity contribution is 0.129. The molecule has 0 bridgehead atoms. The number of carbonyl (C=O) groups excluding carboxylic acids is 1. The second kappa shape index (κ2) is 6.34. The van der Waals surface area contributed by atoms with Crippen LogP contribution < -0.4 is 10.6 Å². The Hall–Kier alpha value is -1.14. The van der Waals surface area contributed by atoms with Crippen LogP contribution in [0.25, 0.3) is 0 Å². The first-order chi connectivity index (χ1) is 8.69. The molecule has 0 saturated carbocycles. The van der Waals surface area contributed by atoms with Crippen LogP contribution in [0.5, 0.6) is 0 Å². The van der Waals surface area contributed by atoms with Gasteiger partial charge in [0.2, 0.25) is 0 Å². The molecular weight excluding hydrogens is 262 g/mol. The fourth-order valence-electron chi connectivity index (χ4n) is 1.86. The Balaban J connectivity index is 2.43. The number of aliphatic hydroxyl groups excluding tert-OH is 1. The quantitative estimate of drug-likeness (QED) is 0.778. The summed E-state index contributed by atoms with van der Waals surface area (Å²) in [5, 5.41) is 15.5. The number of aliphatic hydroxyl groups is 1. The molecule has 1 aromatic heterocycles. The van der Waals surface area contributed by atoms with E-state index in [9.17, 15) is 9.90 Å². The molecule has 1 atom stereocenters. The third kappa shape index (κ3) is 5.57. The summed E-state index contributed by atoms with van der Waals surface area (Å²) in [4.78, 5) is 17.1. The summed E-state index contributed by atoms with van der Waals surface area (Å²) in [5.74, 6) is 0. The van der Waals surface area contributed by atoms with E-state index in [2.05, 4.69) is 15.6 Å². The highest BCUT2D eigenvalue weighted by Crippen LogP contribution is 2.22. The third-order valence-electron chi connectivity index (χ3n) is 2.82. The minimum absolute atomic E-state index is 0.139. The average Bonchev–Trinajstić information content (AvgIpc) is 2.53. The first-order valence-electron chi connectivity index (χ1n) is 6.36. The Morgan fingerprint density at radius 3 is 2.58 bits per heavy atom. The van der Waals surface area contributed by atoms with E-state index >= 15 is 0 Å². The molecule has 19 heavy (non-hydrogen) atoms. The normalized spacial score (nSPS) is 13.2. The summed E-state index contributed by atoms with van der Waals surface area (Å²) in [6.45, 7) is 10.2. The second-order valence-corrected chi connectivity index (χ2v) is 6.89. The summed E-state index contributed by atoms with van der Waals surface area (Å²) in [6, 6.07) is -0.257. The SMILES string of the molecule is Cc1nc(NC(=O)NCC(C)(C)C[C@H](C)O)sc1C. The summed E-state index contributed by atoms with van der Waals surface area (Å²) >= 11 is 1.46. The van der Waals surface area contributed by atoms with E-state index in [0.29, 0.717) is 18.1 Å². The topological polar surface area (TPSA) is 74.2 Å². The van der Waals surface area contributed by atoms with Crippen molar-refractivity contribution in [2.45, 2.75) is 47.1 Å². The zero-order chi connectivity index (χ0) is 14.6. The number of hydrogen-bond acceptors (Lipinski definition) is 4. The molecule has 1 aromatic rings. The van der Waals surface area contributed by atoms with Gasteiger partial charge in [0.15, 0.2) is 5.13 Å². The van der Waals surface area contributed by atoms with Gasteiger partial charge in [-0.2, -0.15) is 0 Å². The maximum Gasteiger partial charge on any atom is 0.321 e. The van der Waals surface area contributed by atoms with Crippen LogP contribution in [0.15, 0.2) is 0 Å². The first kappa shape index (κ1) is 15.9. The van der Waals surface area contributed by atoms with Gasteiger partial charge in [-0.25, -0.2) is 9.78 Å². The molecule has 2 amide bonds. The van der Waals surface area contributed by atoms with E-state index in [1.807, 2.05) is 27.7 Å². The van der Waals surface area contributed by atoms with Crippen molar-refractivity contribution >= 4 is 22.5 Å². The van der Waals surface area contributed by atoms with Crippen molar-refractivity contribution < 1.29 is 9.90 Å². The maximum absolute atomic E-state index is 11.7. The number of nitrogens with zero attached hydrogens (tertiary/aromatic N) is 1. The Morgan fingerprint density at radius 1 is 1.47 bits per heavy atom. The molecule has 0 radical (unpaired) electrons. The van der Waals surface area contributed by atoms with E-state index in [0.717, 1.165) is 10.6 Å². The van der Waals surface area contributed by atoms with Crippen LogP contribution in [-0.4, -0.2) is 28.8 Å². The predicted octanol–water partition coefficient (Wildman–Crippen LogP) is 2.68. The Kier molecular flexibility index (Phi) is 5.31. The standard InChI is InChI=1S/C13H23N3O2S/c1-8(17)6-13(4,5)7-14-11(18)16-12-15-9(2)10(3)19-12/h8,17H,6-7H2,1-5H3,(H2,14,15,16,18)/t8-/m0/s1. The number of urea groups is 1. The Bertz CT molecular complexity index is 422.